The van der Waals surface area contributed by atoms with Gasteiger partial charge in [-0.25, -0.2) is 4.39 Å². The minimum absolute atomic E-state index is 0.0708. The summed E-state index contributed by atoms with van der Waals surface area (Å²) in [6, 6.07) is 7.66. The molecular formula is C18H13ClF4N2O3. The normalized spacial score (nSPS) is 11.8. The van der Waals surface area contributed by atoms with Crippen LogP contribution in [0.1, 0.15) is 17.7 Å². The van der Waals surface area contributed by atoms with Gasteiger partial charge in [0, 0.05) is 28.5 Å². The highest BCUT2D eigenvalue weighted by atomic mass is 35.5. The first-order valence-electron chi connectivity index (χ1n) is 8.03. The number of hydrogen-bond acceptors (Lipinski definition) is 3. The van der Waals surface area contributed by atoms with Crippen molar-refractivity contribution in [2.45, 2.75) is 25.7 Å². The number of aryl methyl sites for hydroxylation is 1. The predicted octanol–water partition coefficient (Wildman–Crippen LogP) is 4.79. The summed E-state index contributed by atoms with van der Waals surface area (Å²) in [4.78, 5) is 10.9. The number of carboxylic acid groups (broad SMARTS) is 1. The summed E-state index contributed by atoms with van der Waals surface area (Å²) in [6.45, 7) is -0.0813. The molecule has 0 fully saturated rings. The maximum Gasteiger partial charge on any atom is 0.573 e. The van der Waals surface area contributed by atoms with E-state index < -0.39 is 23.9 Å². The maximum absolute atomic E-state index is 14.1. The Morgan fingerprint density at radius 1 is 1.21 bits per heavy atom. The zero-order chi connectivity index (χ0) is 20.5. The lowest BCUT2D eigenvalue weighted by molar-refractivity contribution is -0.274. The highest BCUT2D eigenvalue weighted by Gasteiger charge is 2.31. The van der Waals surface area contributed by atoms with Crippen molar-refractivity contribution in [3.8, 4) is 5.75 Å². The summed E-state index contributed by atoms with van der Waals surface area (Å²) in [5.41, 5.74) is 0.863. The van der Waals surface area contributed by atoms with E-state index in [-0.39, 0.29) is 35.5 Å². The molecule has 0 radical (unpaired) electrons. The molecule has 0 saturated carbocycles. The smallest absolute Gasteiger partial charge is 0.481 e. The van der Waals surface area contributed by atoms with Crippen molar-refractivity contribution in [3.63, 3.8) is 0 Å². The summed E-state index contributed by atoms with van der Waals surface area (Å²) in [5, 5.41) is 13.8. The molecule has 1 heterocycles. The van der Waals surface area contributed by atoms with Crippen molar-refractivity contribution < 1.29 is 32.2 Å². The van der Waals surface area contributed by atoms with Gasteiger partial charge >= 0.3 is 12.3 Å². The number of carboxylic acids is 1. The van der Waals surface area contributed by atoms with Crippen LogP contribution in [-0.2, 0) is 17.8 Å². The van der Waals surface area contributed by atoms with Crippen molar-refractivity contribution in [3.05, 3.63) is 58.5 Å². The van der Waals surface area contributed by atoms with Gasteiger partial charge in [-0.05, 0) is 24.3 Å². The topological polar surface area (TPSA) is 64.3 Å². The van der Waals surface area contributed by atoms with Crippen LogP contribution in [-0.4, -0.2) is 27.2 Å². The van der Waals surface area contributed by atoms with Crippen LogP contribution in [0.25, 0.3) is 10.9 Å². The quantitative estimate of drug-likeness (QED) is 0.587. The second-order valence-electron chi connectivity index (χ2n) is 5.96. The molecule has 0 bridgehead atoms. The Bertz CT molecular complexity index is 1030. The van der Waals surface area contributed by atoms with E-state index >= 15 is 0 Å². The lowest BCUT2D eigenvalue weighted by Gasteiger charge is -2.10. The van der Waals surface area contributed by atoms with Crippen LogP contribution in [0.4, 0.5) is 17.6 Å². The summed E-state index contributed by atoms with van der Waals surface area (Å²) >= 11 is 5.73. The Morgan fingerprint density at radius 2 is 1.96 bits per heavy atom. The number of carbonyl (C=O) groups is 1. The SMILES string of the molecule is O=C(O)CCc1nn(Cc2ccc(Cl)cc2F)c2cc(OC(F)(F)F)ccc12. The van der Waals surface area contributed by atoms with Gasteiger partial charge in [0.15, 0.2) is 0 Å². The van der Waals surface area contributed by atoms with Crippen molar-refractivity contribution in [1.82, 2.24) is 9.78 Å². The molecule has 1 aromatic heterocycles. The lowest BCUT2D eigenvalue weighted by atomic mass is 10.1. The van der Waals surface area contributed by atoms with Crippen LogP contribution in [0.3, 0.4) is 0 Å². The molecule has 5 nitrogen and oxygen atoms in total. The van der Waals surface area contributed by atoms with Gasteiger partial charge in [-0.3, -0.25) is 9.48 Å². The third kappa shape index (κ3) is 4.72. The summed E-state index contributed by atoms with van der Waals surface area (Å²) in [7, 11) is 0. The number of nitrogens with zero attached hydrogens (tertiary/aromatic N) is 2. The summed E-state index contributed by atoms with van der Waals surface area (Å²) in [5.74, 6) is -2.09. The standard InChI is InChI=1S/C18H13ClF4N2O3/c19-11-2-1-10(14(20)7-11)9-25-16-8-12(28-18(21,22)23)3-4-13(16)15(24-25)5-6-17(26)27/h1-4,7-8H,5-6,9H2,(H,26,27). The highest BCUT2D eigenvalue weighted by Crippen LogP contribution is 2.29. The second kappa shape index (κ2) is 7.67. The molecule has 2 aromatic carbocycles. The van der Waals surface area contributed by atoms with Crippen LogP contribution in [0.5, 0.6) is 5.75 Å². The number of rotatable bonds is 6. The Balaban J connectivity index is 2.04. The number of ether oxygens (including phenoxy) is 1. The number of aromatic nitrogens is 2. The Kier molecular flexibility index (Phi) is 5.46. The molecule has 0 aliphatic heterocycles. The van der Waals surface area contributed by atoms with E-state index in [1.165, 1.54) is 22.9 Å². The van der Waals surface area contributed by atoms with Gasteiger partial charge in [0.1, 0.15) is 11.6 Å². The molecule has 148 valence electrons. The van der Waals surface area contributed by atoms with Gasteiger partial charge < -0.3 is 9.84 Å². The van der Waals surface area contributed by atoms with E-state index in [0.717, 1.165) is 18.2 Å². The van der Waals surface area contributed by atoms with E-state index in [0.29, 0.717) is 11.1 Å². The minimum atomic E-state index is -4.87. The molecule has 1 N–H and O–H groups in total. The highest BCUT2D eigenvalue weighted by molar-refractivity contribution is 6.30. The third-order valence-electron chi connectivity index (χ3n) is 3.94. The largest absolute Gasteiger partial charge is 0.573 e. The molecule has 0 aliphatic rings. The molecule has 0 atom stereocenters. The molecule has 0 unspecified atom stereocenters. The summed E-state index contributed by atoms with van der Waals surface area (Å²) < 4.78 is 56.9. The number of hydrogen-bond donors (Lipinski definition) is 1. The first kappa shape index (κ1) is 19.9. The zero-order valence-corrected chi connectivity index (χ0v) is 14.9. The van der Waals surface area contributed by atoms with Crippen molar-refractivity contribution >= 4 is 28.5 Å². The van der Waals surface area contributed by atoms with Gasteiger partial charge in [-0.15, -0.1) is 13.2 Å². The van der Waals surface area contributed by atoms with Crippen molar-refractivity contribution in [1.29, 1.82) is 0 Å². The van der Waals surface area contributed by atoms with Crippen LogP contribution >= 0.6 is 11.6 Å². The van der Waals surface area contributed by atoms with Gasteiger partial charge in [0.25, 0.3) is 0 Å². The van der Waals surface area contributed by atoms with E-state index in [1.807, 2.05) is 0 Å². The molecule has 0 amide bonds. The maximum atomic E-state index is 14.1. The monoisotopic (exact) mass is 416 g/mol. The number of halogens is 5. The minimum Gasteiger partial charge on any atom is -0.481 e. The van der Waals surface area contributed by atoms with Crippen LogP contribution in [0.15, 0.2) is 36.4 Å². The van der Waals surface area contributed by atoms with E-state index in [9.17, 15) is 22.4 Å². The fraction of sp³-hybridized carbons (Fsp3) is 0.222. The molecule has 10 heteroatoms. The Morgan fingerprint density at radius 3 is 2.61 bits per heavy atom. The lowest BCUT2D eigenvalue weighted by Crippen LogP contribution is -2.17. The fourth-order valence-corrected chi connectivity index (χ4v) is 2.92. The molecule has 0 saturated heterocycles. The molecule has 3 aromatic rings. The van der Waals surface area contributed by atoms with E-state index in [1.54, 1.807) is 0 Å². The van der Waals surface area contributed by atoms with Crippen LogP contribution < -0.4 is 4.74 Å². The van der Waals surface area contributed by atoms with Crippen LogP contribution in [0, 0.1) is 5.82 Å². The predicted molar refractivity (Wildman–Crippen MR) is 92.9 cm³/mol. The van der Waals surface area contributed by atoms with Gasteiger partial charge in [-0.2, -0.15) is 5.10 Å². The van der Waals surface area contributed by atoms with Crippen molar-refractivity contribution in [2.24, 2.45) is 0 Å². The van der Waals surface area contributed by atoms with Gasteiger partial charge in [0.2, 0.25) is 0 Å². The molecule has 0 spiro atoms. The average Bonchev–Trinajstić information content (AvgIpc) is 2.91. The average molecular weight is 417 g/mol. The number of fused-ring (bicyclic) bond motifs is 1. The third-order valence-corrected chi connectivity index (χ3v) is 4.18. The first-order chi connectivity index (χ1) is 13.1. The van der Waals surface area contributed by atoms with Crippen LogP contribution in [0.2, 0.25) is 5.02 Å². The van der Waals surface area contributed by atoms with Crippen molar-refractivity contribution in [2.75, 3.05) is 0 Å². The molecular weight excluding hydrogens is 404 g/mol. The molecule has 0 aliphatic carbocycles. The van der Waals surface area contributed by atoms with E-state index in [4.69, 9.17) is 16.7 Å². The molecule has 3 rings (SSSR count). The second-order valence-corrected chi connectivity index (χ2v) is 6.40. The molecule has 28 heavy (non-hydrogen) atoms. The number of benzene rings is 2. The Hall–Kier alpha value is -2.81. The van der Waals surface area contributed by atoms with E-state index in [2.05, 4.69) is 9.84 Å². The number of aliphatic carboxylic acids is 1. The zero-order valence-electron chi connectivity index (χ0n) is 14.1. The first-order valence-corrected chi connectivity index (χ1v) is 8.41. The van der Waals surface area contributed by atoms with Gasteiger partial charge in [-0.1, -0.05) is 17.7 Å². The number of alkyl halides is 3. The fourth-order valence-electron chi connectivity index (χ4n) is 2.76. The van der Waals surface area contributed by atoms with Gasteiger partial charge in [0.05, 0.1) is 24.2 Å². The Labute approximate surface area is 161 Å². The summed E-state index contributed by atoms with van der Waals surface area (Å²) in [6.07, 6.45) is -5.00.